The van der Waals surface area contributed by atoms with E-state index in [4.69, 9.17) is 9.47 Å². The van der Waals surface area contributed by atoms with Crippen LogP contribution in [-0.4, -0.2) is 35.0 Å². The number of amides is 1. The van der Waals surface area contributed by atoms with Crippen LogP contribution in [-0.2, 0) is 13.1 Å². The molecule has 7 nitrogen and oxygen atoms in total. The second-order valence-electron chi connectivity index (χ2n) is 8.64. The van der Waals surface area contributed by atoms with Crippen LogP contribution in [0.4, 0.5) is 20.3 Å². The Morgan fingerprint density at radius 1 is 0.923 bits per heavy atom. The summed E-state index contributed by atoms with van der Waals surface area (Å²) >= 11 is 0. The van der Waals surface area contributed by atoms with Crippen LogP contribution in [0.25, 0.3) is 11.4 Å². The number of aryl methyl sites for hydroxylation is 1. The van der Waals surface area contributed by atoms with Crippen LogP contribution in [0.15, 0.2) is 60.7 Å². The molecular formula is C30H30F2N4O3. The van der Waals surface area contributed by atoms with Gasteiger partial charge in [-0.3, -0.25) is 4.79 Å². The van der Waals surface area contributed by atoms with E-state index < -0.39 is 11.6 Å². The topological polar surface area (TPSA) is 76.6 Å². The number of benzene rings is 3. The number of nitrogens with zero attached hydrogens (tertiary/aromatic N) is 3. The van der Waals surface area contributed by atoms with Crippen LogP contribution in [0.5, 0.6) is 11.5 Å². The molecule has 0 radical (unpaired) electrons. The van der Waals surface area contributed by atoms with Crippen molar-refractivity contribution in [2.75, 3.05) is 19.5 Å². The van der Waals surface area contributed by atoms with Crippen LogP contribution >= 0.6 is 0 Å². The normalized spacial score (nSPS) is 12.0. The molecule has 5 rings (SSSR count). The number of methoxy groups -OCH3 is 2. The molecule has 0 atom stereocenters. The third-order valence-corrected chi connectivity index (χ3v) is 6.18. The third-order valence-electron chi connectivity index (χ3n) is 6.18. The molecule has 1 N–H and O–H groups in total. The molecule has 4 aromatic rings. The summed E-state index contributed by atoms with van der Waals surface area (Å²) in [5.41, 5.74) is 2.79. The first-order chi connectivity index (χ1) is 18.9. The van der Waals surface area contributed by atoms with Crippen molar-refractivity contribution in [3.63, 3.8) is 0 Å². The van der Waals surface area contributed by atoms with Gasteiger partial charge in [-0.1, -0.05) is 37.6 Å². The first-order valence-electron chi connectivity index (χ1n) is 12.6. The standard InChI is InChI=1S/C28H24F2N4O3.C2H6/c1-16-7-10-18(11-8-16)31-27-25-22(32-26(33-27)24-20(29)5-4-6-21(24)30)15-34(28(25)35)14-17-9-12-19(36-2)13-23(17)37-3;1-2/h4-13H,14-15H2,1-3H3,(H,31,32,33);1-2H3. The number of carbonyl (C=O) groups is 1. The smallest absolute Gasteiger partial charge is 0.260 e. The van der Waals surface area contributed by atoms with Crippen molar-refractivity contribution in [1.29, 1.82) is 0 Å². The van der Waals surface area contributed by atoms with Gasteiger partial charge in [0.15, 0.2) is 5.82 Å². The van der Waals surface area contributed by atoms with E-state index in [1.807, 2.05) is 51.1 Å². The highest BCUT2D eigenvalue weighted by molar-refractivity contribution is 6.03. The molecule has 0 aliphatic carbocycles. The molecule has 1 aliphatic rings. The minimum Gasteiger partial charge on any atom is -0.497 e. The Morgan fingerprint density at radius 2 is 1.62 bits per heavy atom. The summed E-state index contributed by atoms with van der Waals surface area (Å²) in [6, 6.07) is 16.4. The van der Waals surface area contributed by atoms with E-state index in [1.165, 1.54) is 6.07 Å². The fraction of sp³-hybridized carbons (Fsp3) is 0.233. The molecule has 1 aromatic heterocycles. The fourth-order valence-electron chi connectivity index (χ4n) is 4.26. The predicted molar refractivity (Wildman–Crippen MR) is 146 cm³/mol. The lowest BCUT2D eigenvalue weighted by Gasteiger charge is -2.18. The second-order valence-corrected chi connectivity index (χ2v) is 8.64. The van der Waals surface area contributed by atoms with Crippen molar-refractivity contribution in [2.24, 2.45) is 0 Å². The van der Waals surface area contributed by atoms with Gasteiger partial charge in [-0.05, 0) is 43.3 Å². The van der Waals surface area contributed by atoms with Crippen molar-refractivity contribution in [3.05, 3.63) is 94.7 Å². The third kappa shape index (κ3) is 5.67. The van der Waals surface area contributed by atoms with Gasteiger partial charge >= 0.3 is 0 Å². The second kappa shape index (κ2) is 11.9. The van der Waals surface area contributed by atoms with E-state index >= 15 is 0 Å². The van der Waals surface area contributed by atoms with Gasteiger partial charge in [0.05, 0.1) is 38.6 Å². The van der Waals surface area contributed by atoms with Gasteiger partial charge < -0.3 is 19.7 Å². The van der Waals surface area contributed by atoms with Gasteiger partial charge in [-0.25, -0.2) is 18.7 Å². The average molecular weight is 533 g/mol. The van der Waals surface area contributed by atoms with Crippen LogP contribution < -0.4 is 14.8 Å². The maximum Gasteiger partial charge on any atom is 0.260 e. The first kappa shape index (κ1) is 27.5. The Labute approximate surface area is 226 Å². The summed E-state index contributed by atoms with van der Waals surface area (Å²) < 4.78 is 40.0. The maximum atomic E-state index is 14.6. The Kier molecular flexibility index (Phi) is 8.39. The zero-order chi connectivity index (χ0) is 28.1. The molecule has 9 heteroatoms. The van der Waals surface area contributed by atoms with Crippen molar-refractivity contribution in [3.8, 4) is 22.9 Å². The van der Waals surface area contributed by atoms with E-state index in [0.717, 1.165) is 23.3 Å². The van der Waals surface area contributed by atoms with Gasteiger partial charge in [0.25, 0.3) is 5.91 Å². The van der Waals surface area contributed by atoms with E-state index in [-0.39, 0.29) is 41.8 Å². The Balaban J connectivity index is 0.00000172. The maximum absolute atomic E-state index is 14.6. The number of ether oxygens (including phenoxy) is 2. The highest BCUT2D eigenvalue weighted by Crippen LogP contribution is 2.35. The quantitative estimate of drug-likeness (QED) is 0.286. The molecule has 202 valence electrons. The number of hydrogen-bond acceptors (Lipinski definition) is 6. The first-order valence-corrected chi connectivity index (χ1v) is 12.6. The summed E-state index contributed by atoms with van der Waals surface area (Å²) in [5, 5.41) is 3.15. The Bertz CT molecular complexity index is 1470. The molecule has 2 heterocycles. The average Bonchev–Trinajstić information content (AvgIpc) is 3.26. The predicted octanol–water partition coefficient (Wildman–Crippen LogP) is 6.67. The monoisotopic (exact) mass is 532 g/mol. The number of anilines is 2. The Hall–Kier alpha value is -4.53. The number of hydrogen-bond donors (Lipinski definition) is 1. The molecule has 39 heavy (non-hydrogen) atoms. The lowest BCUT2D eigenvalue weighted by atomic mass is 10.1. The zero-order valence-corrected chi connectivity index (χ0v) is 22.5. The molecule has 0 unspecified atom stereocenters. The molecule has 0 fully saturated rings. The minimum absolute atomic E-state index is 0.136. The summed E-state index contributed by atoms with van der Waals surface area (Å²) in [7, 11) is 3.11. The van der Waals surface area contributed by atoms with Gasteiger partial charge in [0.1, 0.15) is 34.5 Å². The Morgan fingerprint density at radius 3 is 2.26 bits per heavy atom. The van der Waals surface area contributed by atoms with Crippen molar-refractivity contribution in [2.45, 2.75) is 33.9 Å². The van der Waals surface area contributed by atoms with E-state index in [2.05, 4.69) is 15.3 Å². The highest BCUT2D eigenvalue weighted by Gasteiger charge is 2.34. The molecule has 3 aromatic carbocycles. The molecule has 1 aliphatic heterocycles. The van der Waals surface area contributed by atoms with Crippen molar-refractivity contribution >= 4 is 17.4 Å². The number of fused-ring (bicyclic) bond motifs is 1. The lowest BCUT2D eigenvalue weighted by molar-refractivity contribution is 0.0766. The fourth-order valence-corrected chi connectivity index (χ4v) is 4.26. The van der Waals surface area contributed by atoms with Crippen LogP contribution in [0.1, 0.15) is 41.0 Å². The highest BCUT2D eigenvalue weighted by atomic mass is 19.1. The summed E-state index contributed by atoms with van der Waals surface area (Å²) in [5.74, 6) is -0.634. The van der Waals surface area contributed by atoms with Gasteiger partial charge in [0.2, 0.25) is 0 Å². The summed E-state index contributed by atoms with van der Waals surface area (Å²) in [6.45, 7) is 6.33. The van der Waals surface area contributed by atoms with E-state index in [9.17, 15) is 13.6 Å². The van der Waals surface area contributed by atoms with Gasteiger partial charge in [-0.15, -0.1) is 0 Å². The molecule has 1 amide bonds. The van der Waals surface area contributed by atoms with Crippen molar-refractivity contribution in [1.82, 2.24) is 14.9 Å². The van der Waals surface area contributed by atoms with Crippen LogP contribution in [0, 0.1) is 18.6 Å². The van der Waals surface area contributed by atoms with Crippen LogP contribution in [0.2, 0.25) is 0 Å². The number of aromatic nitrogens is 2. The van der Waals surface area contributed by atoms with Crippen molar-refractivity contribution < 1.29 is 23.0 Å². The molecule has 0 saturated carbocycles. The molecule has 0 bridgehead atoms. The van der Waals surface area contributed by atoms with E-state index in [1.54, 1.807) is 31.3 Å². The molecular weight excluding hydrogens is 502 g/mol. The van der Waals surface area contributed by atoms with Gasteiger partial charge in [-0.2, -0.15) is 0 Å². The summed E-state index contributed by atoms with van der Waals surface area (Å²) in [4.78, 5) is 24.0. The lowest BCUT2D eigenvalue weighted by Crippen LogP contribution is -2.24. The minimum atomic E-state index is -0.787. The summed E-state index contributed by atoms with van der Waals surface area (Å²) in [6.07, 6.45) is 0. The van der Waals surface area contributed by atoms with Gasteiger partial charge in [0, 0.05) is 17.3 Å². The molecule has 0 saturated heterocycles. The number of nitrogens with one attached hydrogen (secondary N) is 1. The number of halogens is 2. The zero-order valence-electron chi connectivity index (χ0n) is 22.5. The largest absolute Gasteiger partial charge is 0.497 e. The number of carbonyl (C=O) groups excluding carboxylic acids is 1. The molecule has 0 spiro atoms. The van der Waals surface area contributed by atoms with E-state index in [0.29, 0.717) is 22.9 Å². The number of rotatable bonds is 7. The van der Waals surface area contributed by atoms with Crippen LogP contribution in [0.3, 0.4) is 0 Å². The SMILES string of the molecule is CC.COc1ccc(CN2Cc3nc(-c4c(F)cccc4F)nc(Nc4ccc(C)cc4)c3C2=O)c(OC)c1.